The molecule has 0 amide bonds. The van der Waals surface area contributed by atoms with Crippen molar-refractivity contribution in [1.29, 1.82) is 0 Å². The van der Waals surface area contributed by atoms with E-state index in [1.165, 1.54) is 0 Å². The third-order valence-electron chi connectivity index (χ3n) is 2.77. The average Bonchev–Trinajstić information content (AvgIpc) is 2.32. The second-order valence-corrected chi connectivity index (χ2v) is 5.64. The van der Waals surface area contributed by atoms with E-state index in [0.717, 1.165) is 28.3 Å². The number of thiocarbonyl (C=S) groups is 1. The second-order valence-electron chi connectivity index (χ2n) is 4.39. The van der Waals surface area contributed by atoms with E-state index >= 15 is 0 Å². The van der Waals surface area contributed by atoms with Crippen LogP contribution in [0, 0.1) is 13.8 Å². The molecule has 1 aromatic heterocycles. The van der Waals surface area contributed by atoms with Crippen LogP contribution < -0.4 is 11.1 Å². The van der Waals surface area contributed by atoms with Crippen LogP contribution in [-0.2, 0) is 0 Å². The van der Waals surface area contributed by atoms with Gasteiger partial charge >= 0.3 is 0 Å². The summed E-state index contributed by atoms with van der Waals surface area (Å²) in [6.07, 6.45) is 0. The Kier molecular flexibility index (Phi) is 4.48. The van der Waals surface area contributed by atoms with E-state index in [1.807, 2.05) is 26.0 Å². The summed E-state index contributed by atoms with van der Waals surface area (Å²) >= 11 is 17.0. The third kappa shape index (κ3) is 3.20. The van der Waals surface area contributed by atoms with Crippen LogP contribution in [0.5, 0.6) is 0 Å². The highest BCUT2D eigenvalue weighted by Gasteiger charge is 2.11. The number of benzene rings is 1. The quantitative estimate of drug-likeness (QED) is 0.822. The zero-order chi connectivity index (χ0) is 14.9. The van der Waals surface area contributed by atoms with Gasteiger partial charge in [0.25, 0.3) is 0 Å². The largest absolute Gasteiger partial charge is 0.389 e. The lowest BCUT2D eigenvalue weighted by Crippen LogP contribution is -2.15. The highest BCUT2D eigenvalue weighted by Crippen LogP contribution is 2.29. The van der Waals surface area contributed by atoms with E-state index in [0.29, 0.717) is 15.0 Å². The number of halogens is 2. The highest BCUT2D eigenvalue weighted by atomic mass is 35.5. The van der Waals surface area contributed by atoms with Gasteiger partial charge in [0.05, 0.1) is 21.3 Å². The fraction of sp³-hybridized carbons (Fsp3) is 0.143. The molecule has 20 heavy (non-hydrogen) atoms. The average molecular weight is 326 g/mol. The highest BCUT2D eigenvalue weighted by molar-refractivity contribution is 7.80. The number of rotatable bonds is 3. The van der Waals surface area contributed by atoms with Crippen molar-refractivity contribution in [2.75, 3.05) is 5.32 Å². The molecule has 0 saturated carbocycles. The number of nitrogens with zero attached hydrogens (tertiary/aromatic N) is 1. The van der Waals surface area contributed by atoms with E-state index in [9.17, 15) is 0 Å². The summed E-state index contributed by atoms with van der Waals surface area (Å²) in [5.74, 6) is 0. The van der Waals surface area contributed by atoms with Crippen LogP contribution in [0.3, 0.4) is 0 Å². The Morgan fingerprint density at radius 1 is 1.20 bits per heavy atom. The van der Waals surface area contributed by atoms with Gasteiger partial charge in [-0.1, -0.05) is 35.4 Å². The summed E-state index contributed by atoms with van der Waals surface area (Å²) in [7, 11) is 0. The molecule has 2 aromatic rings. The Labute approximate surface area is 133 Å². The standard InChI is InChI=1S/C14H13Cl2N3S/c1-7-5-12(13(14(17)20)8(2)18-7)19-9-3-4-10(15)11(16)6-9/h3-6H,1-2H3,(H2,17,20)(H,18,19). The lowest BCUT2D eigenvalue weighted by molar-refractivity contribution is 1.12. The molecule has 1 aromatic carbocycles. The van der Waals surface area contributed by atoms with Gasteiger partial charge in [-0.15, -0.1) is 0 Å². The van der Waals surface area contributed by atoms with E-state index in [4.69, 9.17) is 41.2 Å². The van der Waals surface area contributed by atoms with Gasteiger partial charge in [-0.05, 0) is 38.1 Å². The number of anilines is 2. The van der Waals surface area contributed by atoms with E-state index in [2.05, 4.69) is 10.3 Å². The van der Waals surface area contributed by atoms with Crippen LogP contribution in [0.15, 0.2) is 24.3 Å². The zero-order valence-corrected chi connectivity index (χ0v) is 13.3. The summed E-state index contributed by atoms with van der Waals surface area (Å²) in [5.41, 5.74) is 9.80. The monoisotopic (exact) mass is 325 g/mol. The van der Waals surface area contributed by atoms with Crippen LogP contribution in [0.1, 0.15) is 17.0 Å². The van der Waals surface area contributed by atoms with Crippen LogP contribution in [0.4, 0.5) is 11.4 Å². The zero-order valence-electron chi connectivity index (χ0n) is 11.0. The molecule has 0 atom stereocenters. The Hall–Kier alpha value is -1.36. The molecule has 0 bridgehead atoms. The van der Waals surface area contributed by atoms with Crippen molar-refractivity contribution < 1.29 is 0 Å². The van der Waals surface area contributed by atoms with Gasteiger partial charge in [0.15, 0.2) is 0 Å². The molecule has 0 aliphatic heterocycles. The molecule has 0 radical (unpaired) electrons. The number of nitrogens with one attached hydrogen (secondary N) is 1. The Bertz CT molecular complexity index is 686. The predicted molar refractivity (Wildman–Crippen MR) is 89.3 cm³/mol. The predicted octanol–water partition coefficient (Wildman–Crippen LogP) is 4.38. The summed E-state index contributed by atoms with van der Waals surface area (Å²) in [4.78, 5) is 4.68. The molecule has 0 saturated heterocycles. The molecule has 0 spiro atoms. The molecule has 2 rings (SSSR count). The van der Waals surface area contributed by atoms with Crippen molar-refractivity contribution in [3.63, 3.8) is 0 Å². The Morgan fingerprint density at radius 2 is 1.90 bits per heavy atom. The molecule has 1 heterocycles. The number of aromatic nitrogens is 1. The topological polar surface area (TPSA) is 50.9 Å². The van der Waals surface area contributed by atoms with Gasteiger partial charge in [0.2, 0.25) is 0 Å². The number of aryl methyl sites for hydroxylation is 2. The summed E-state index contributed by atoms with van der Waals surface area (Å²) in [6, 6.07) is 7.21. The number of hydrogen-bond acceptors (Lipinski definition) is 3. The van der Waals surface area contributed by atoms with Gasteiger partial charge in [0, 0.05) is 17.1 Å². The molecule has 0 fully saturated rings. The first-order valence-electron chi connectivity index (χ1n) is 5.88. The SMILES string of the molecule is Cc1cc(Nc2ccc(Cl)c(Cl)c2)c(C(N)=S)c(C)n1. The fourth-order valence-electron chi connectivity index (χ4n) is 1.97. The summed E-state index contributed by atoms with van der Waals surface area (Å²) < 4.78 is 0. The first-order valence-corrected chi connectivity index (χ1v) is 7.05. The van der Waals surface area contributed by atoms with E-state index < -0.39 is 0 Å². The smallest absolute Gasteiger partial charge is 0.107 e. The van der Waals surface area contributed by atoms with E-state index in [-0.39, 0.29) is 0 Å². The van der Waals surface area contributed by atoms with Gasteiger partial charge < -0.3 is 11.1 Å². The number of hydrogen-bond donors (Lipinski definition) is 2. The fourth-order valence-corrected chi connectivity index (χ4v) is 2.52. The first-order chi connectivity index (χ1) is 9.38. The minimum atomic E-state index is 0.303. The summed E-state index contributed by atoms with van der Waals surface area (Å²) in [6.45, 7) is 3.79. The minimum Gasteiger partial charge on any atom is -0.389 e. The Morgan fingerprint density at radius 3 is 2.50 bits per heavy atom. The molecule has 3 N–H and O–H groups in total. The molecular formula is C14H13Cl2N3S. The van der Waals surface area contributed by atoms with Crippen molar-refractivity contribution in [2.24, 2.45) is 5.73 Å². The maximum absolute atomic E-state index is 6.01. The lowest BCUT2D eigenvalue weighted by Gasteiger charge is -2.14. The lowest BCUT2D eigenvalue weighted by atomic mass is 10.1. The third-order valence-corrected chi connectivity index (χ3v) is 3.72. The molecule has 0 unspecified atom stereocenters. The number of nitrogens with two attached hydrogens (primary N) is 1. The van der Waals surface area contributed by atoms with Gasteiger partial charge in [-0.25, -0.2) is 0 Å². The van der Waals surface area contributed by atoms with Gasteiger partial charge in [-0.3, -0.25) is 4.98 Å². The van der Waals surface area contributed by atoms with Crippen molar-refractivity contribution in [3.8, 4) is 0 Å². The van der Waals surface area contributed by atoms with E-state index in [1.54, 1.807) is 12.1 Å². The molecule has 6 heteroatoms. The molecule has 0 aliphatic carbocycles. The maximum Gasteiger partial charge on any atom is 0.107 e. The molecule has 3 nitrogen and oxygen atoms in total. The minimum absolute atomic E-state index is 0.303. The van der Waals surface area contributed by atoms with Crippen LogP contribution in [0.25, 0.3) is 0 Å². The number of pyridine rings is 1. The van der Waals surface area contributed by atoms with Crippen LogP contribution in [0.2, 0.25) is 10.0 Å². The van der Waals surface area contributed by atoms with Crippen molar-refractivity contribution in [1.82, 2.24) is 4.98 Å². The first kappa shape index (κ1) is 15.0. The van der Waals surface area contributed by atoms with Crippen LogP contribution >= 0.6 is 35.4 Å². The molecule has 0 aliphatic rings. The van der Waals surface area contributed by atoms with Gasteiger partial charge in [-0.2, -0.15) is 0 Å². The van der Waals surface area contributed by atoms with Gasteiger partial charge in [0.1, 0.15) is 4.99 Å². The summed E-state index contributed by atoms with van der Waals surface area (Å²) in [5, 5.41) is 4.24. The van der Waals surface area contributed by atoms with Crippen LogP contribution in [-0.4, -0.2) is 9.97 Å². The molecular weight excluding hydrogens is 313 g/mol. The normalized spacial score (nSPS) is 10.4. The molecule has 104 valence electrons. The van der Waals surface area contributed by atoms with Crippen molar-refractivity contribution in [2.45, 2.75) is 13.8 Å². The maximum atomic E-state index is 6.01. The van der Waals surface area contributed by atoms with Crippen molar-refractivity contribution in [3.05, 3.63) is 51.3 Å². The Balaban J connectivity index is 2.47. The second kappa shape index (κ2) is 5.95. The van der Waals surface area contributed by atoms with Crippen molar-refractivity contribution >= 4 is 51.8 Å².